The van der Waals surface area contributed by atoms with Crippen LogP contribution in [0.3, 0.4) is 0 Å². The van der Waals surface area contributed by atoms with Gasteiger partial charge in [0, 0.05) is 12.6 Å². The lowest BCUT2D eigenvalue weighted by Gasteiger charge is -2.21. The summed E-state index contributed by atoms with van der Waals surface area (Å²) in [6.07, 6.45) is 0.972. The number of benzene rings is 1. The molecule has 1 saturated heterocycles. The van der Waals surface area contributed by atoms with Gasteiger partial charge in [0.2, 0.25) is 0 Å². The van der Waals surface area contributed by atoms with Crippen LogP contribution in [0.25, 0.3) is 0 Å². The second-order valence-electron chi connectivity index (χ2n) is 5.07. The fraction of sp³-hybridized carbons (Fsp3) is 0.429. The van der Waals surface area contributed by atoms with Gasteiger partial charge in [0.1, 0.15) is 11.8 Å². The number of amides is 1. The van der Waals surface area contributed by atoms with E-state index in [2.05, 4.69) is 0 Å². The molecule has 1 atom stereocenters. The zero-order chi connectivity index (χ0) is 16.4. The number of nitro groups is 1. The SMILES string of the molecule is COc1cc(C(=O)N2CCC[C@@H]2C(=O)O)cc([N+](=O)[O-])c1C. The molecule has 0 spiro atoms. The number of methoxy groups -OCH3 is 1. The van der Waals surface area contributed by atoms with Crippen molar-refractivity contribution in [1.82, 2.24) is 4.90 Å². The van der Waals surface area contributed by atoms with Crippen LogP contribution in [-0.4, -0.2) is 46.5 Å². The van der Waals surface area contributed by atoms with Gasteiger partial charge in [0.05, 0.1) is 23.2 Å². The van der Waals surface area contributed by atoms with Crippen molar-refractivity contribution in [3.05, 3.63) is 33.4 Å². The molecule has 8 nitrogen and oxygen atoms in total. The predicted molar refractivity (Wildman–Crippen MR) is 76.1 cm³/mol. The van der Waals surface area contributed by atoms with Crippen molar-refractivity contribution in [1.29, 1.82) is 0 Å². The first-order valence-corrected chi connectivity index (χ1v) is 6.73. The van der Waals surface area contributed by atoms with E-state index in [9.17, 15) is 19.7 Å². The minimum Gasteiger partial charge on any atom is -0.496 e. The zero-order valence-electron chi connectivity index (χ0n) is 12.2. The molecular formula is C14H16N2O6. The van der Waals surface area contributed by atoms with Crippen molar-refractivity contribution in [3.8, 4) is 5.75 Å². The number of hydrogen-bond donors (Lipinski definition) is 1. The third-order valence-electron chi connectivity index (χ3n) is 3.79. The van der Waals surface area contributed by atoms with E-state index in [4.69, 9.17) is 9.84 Å². The van der Waals surface area contributed by atoms with Crippen molar-refractivity contribution < 1.29 is 24.4 Å². The van der Waals surface area contributed by atoms with Gasteiger partial charge in [-0.25, -0.2) is 4.79 Å². The number of ether oxygens (including phenoxy) is 1. The average molecular weight is 308 g/mol. The minimum atomic E-state index is -1.07. The lowest BCUT2D eigenvalue weighted by Crippen LogP contribution is -2.40. The topological polar surface area (TPSA) is 110 Å². The van der Waals surface area contributed by atoms with Gasteiger partial charge in [-0.05, 0) is 25.8 Å². The van der Waals surface area contributed by atoms with Gasteiger partial charge in [-0.3, -0.25) is 14.9 Å². The van der Waals surface area contributed by atoms with Gasteiger partial charge in [-0.2, -0.15) is 0 Å². The second kappa shape index (κ2) is 6.00. The van der Waals surface area contributed by atoms with Gasteiger partial charge in [-0.1, -0.05) is 0 Å². The molecule has 22 heavy (non-hydrogen) atoms. The highest BCUT2D eigenvalue weighted by Gasteiger charge is 2.35. The summed E-state index contributed by atoms with van der Waals surface area (Å²) >= 11 is 0. The highest BCUT2D eigenvalue weighted by molar-refractivity contribution is 5.98. The Morgan fingerprint density at radius 1 is 1.45 bits per heavy atom. The second-order valence-corrected chi connectivity index (χ2v) is 5.07. The van der Waals surface area contributed by atoms with Gasteiger partial charge in [0.25, 0.3) is 11.6 Å². The van der Waals surface area contributed by atoms with E-state index in [1.54, 1.807) is 0 Å². The van der Waals surface area contributed by atoms with Gasteiger partial charge < -0.3 is 14.7 Å². The van der Waals surface area contributed by atoms with Crippen molar-refractivity contribution >= 4 is 17.6 Å². The van der Waals surface area contributed by atoms with Crippen LogP contribution in [0.2, 0.25) is 0 Å². The number of nitro benzene ring substituents is 1. The van der Waals surface area contributed by atoms with Gasteiger partial charge in [0.15, 0.2) is 0 Å². The summed E-state index contributed by atoms with van der Waals surface area (Å²) in [5.41, 5.74) is 0.149. The Balaban J connectivity index is 2.43. The Kier molecular flexibility index (Phi) is 4.30. The first kappa shape index (κ1) is 15.7. The predicted octanol–water partition coefficient (Wildman–Crippen LogP) is 1.60. The molecule has 1 aliphatic heterocycles. The molecule has 1 fully saturated rings. The molecule has 1 heterocycles. The molecule has 1 aromatic carbocycles. The number of nitrogens with zero attached hydrogens (tertiary/aromatic N) is 2. The number of carboxylic acids is 1. The number of carbonyl (C=O) groups excluding carboxylic acids is 1. The maximum absolute atomic E-state index is 12.5. The molecular weight excluding hydrogens is 292 g/mol. The maximum Gasteiger partial charge on any atom is 0.326 e. The van der Waals surface area contributed by atoms with Crippen molar-refractivity contribution in [2.75, 3.05) is 13.7 Å². The summed E-state index contributed by atoms with van der Waals surface area (Å²) in [6, 6.07) is 1.68. The highest BCUT2D eigenvalue weighted by atomic mass is 16.6. The largest absolute Gasteiger partial charge is 0.496 e. The first-order valence-electron chi connectivity index (χ1n) is 6.73. The Labute approximate surface area is 126 Å². The quantitative estimate of drug-likeness (QED) is 0.668. The van der Waals surface area contributed by atoms with E-state index in [1.807, 2.05) is 0 Å². The Morgan fingerprint density at radius 2 is 2.14 bits per heavy atom. The fourth-order valence-electron chi connectivity index (χ4n) is 2.63. The minimum absolute atomic E-state index is 0.0577. The molecule has 118 valence electrons. The molecule has 0 aliphatic carbocycles. The van der Waals surface area contributed by atoms with Crippen molar-refractivity contribution in [2.45, 2.75) is 25.8 Å². The molecule has 0 saturated carbocycles. The van der Waals surface area contributed by atoms with E-state index in [-0.39, 0.29) is 17.0 Å². The molecule has 1 aromatic rings. The number of rotatable bonds is 4. The molecule has 1 aliphatic rings. The third-order valence-corrected chi connectivity index (χ3v) is 3.79. The maximum atomic E-state index is 12.5. The van der Waals surface area contributed by atoms with Crippen LogP contribution < -0.4 is 4.74 Å². The number of likely N-dealkylation sites (tertiary alicyclic amines) is 1. The van der Waals surface area contributed by atoms with E-state index < -0.39 is 22.8 Å². The Bertz CT molecular complexity index is 642. The summed E-state index contributed by atoms with van der Waals surface area (Å²) < 4.78 is 5.07. The number of aliphatic carboxylic acids is 1. The first-order chi connectivity index (χ1) is 10.4. The van der Waals surface area contributed by atoms with E-state index >= 15 is 0 Å². The van der Waals surface area contributed by atoms with Crippen LogP contribution in [0.15, 0.2) is 12.1 Å². The van der Waals surface area contributed by atoms with Crippen LogP contribution in [-0.2, 0) is 4.79 Å². The molecule has 0 unspecified atom stereocenters. The number of carbonyl (C=O) groups is 2. The van der Waals surface area contributed by atoms with Crippen LogP contribution in [0, 0.1) is 17.0 Å². The fourth-order valence-corrected chi connectivity index (χ4v) is 2.63. The third kappa shape index (κ3) is 2.72. The monoisotopic (exact) mass is 308 g/mol. The number of hydrogen-bond acceptors (Lipinski definition) is 5. The zero-order valence-corrected chi connectivity index (χ0v) is 12.2. The molecule has 1 amide bonds. The van der Waals surface area contributed by atoms with E-state index in [0.29, 0.717) is 24.9 Å². The lowest BCUT2D eigenvalue weighted by atomic mass is 10.1. The molecule has 0 bridgehead atoms. The highest BCUT2D eigenvalue weighted by Crippen LogP contribution is 2.31. The van der Waals surface area contributed by atoms with Crippen LogP contribution in [0.1, 0.15) is 28.8 Å². The summed E-state index contributed by atoms with van der Waals surface area (Å²) in [5, 5.41) is 20.2. The average Bonchev–Trinajstić information content (AvgIpc) is 2.96. The van der Waals surface area contributed by atoms with E-state index in [1.165, 1.54) is 25.0 Å². The molecule has 0 radical (unpaired) electrons. The summed E-state index contributed by atoms with van der Waals surface area (Å²) in [7, 11) is 1.36. The Hall–Kier alpha value is -2.64. The standard InChI is InChI=1S/C14H16N2O6/c1-8-11(16(20)21)6-9(7-12(8)22-2)13(17)15-5-3-4-10(15)14(18)19/h6-7,10H,3-5H2,1-2H3,(H,18,19)/t10-/m1/s1. The molecule has 0 aromatic heterocycles. The number of carboxylic acid groups (broad SMARTS) is 1. The summed E-state index contributed by atoms with van der Waals surface area (Å²) in [5.74, 6) is -1.38. The summed E-state index contributed by atoms with van der Waals surface area (Å²) in [6.45, 7) is 1.85. The van der Waals surface area contributed by atoms with Crippen molar-refractivity contribution in [3.63, 3.8) is 0 Å². The van der Waals surface area contributed by atoms with Crippen LogP contribution in [0.4, 0.5) is 5.69 Å². The molecule has 2 rings (SSSR count). The lowest BCUT2D eigenvalue weighted by molar-refractivity contribution is -0.385. The van der Waals surface area contributed by atoms with Gasteiger partial charge >= 0.3 is 5.97 Å². The van der Waals surface area contributed by atoms with Crippen LogP contribution >= 0.6 is 0 Å². The van der Waals surface area contributed by atoms with Gasteiger partial charge in [-0.15, -0.1) is 0 Å². The van der Waals surface area contributed by atoms with Crippen molar-refractivity contribution in [2.24, 2.45) is 0 Å². The van der Waals surface area contributed by atoms with Crippen LogP contribution in [0.5, 0.6) is 5.75 Å². The molecule has 8 heteroatoms. The normalized spacial score (nSPS) is 17.4. The summed E-state index contributed by atoms with van der Waals surface area (Å²) in [4.78, 5) is 35.4. The Morgan fingerprint density at radius 3 is 2.68 bits per heavy atom. The smallest absolute Gasteiger partial charge is 0.326 e. The molecule has 1 N–H and O–H groups in total. The van der Waals surface area contributed by atoms with E-state index in [0.717, 1.165) is 6.07 Å².